The van der Waals surface area contributed by atoms with Gasteiger partial charge in [-0.05, 0) is 48.9 Å². The van der Waals surface area contributed by atoms with Crippen molar-refractivity contribution in [3.05, 3.63) is 0 Å². The molecule has 1 heterocycles. The lowest BCUT2D eigenvalue weighted by molar-refractivity contribution is -0.159. The first kappa shape index (κ1) is 5.58. The minimum Gasteiger partial charge on any atom is -0.378 e. The maximum Gasteiger partial charge on any atom is 0.0609 e. The van der Waals surface area contributed by atoms with Crippen molar-refractivity contribution >= 4 is 0 Å². The molecule has 0 aromatic heterocycles. The van der Waals surface area contributed by atoms with E-state index in [9.17, 15) is 0 Å². The highest BCUT2D eigenvalue weighted by molar-refractivity contribution is 5.11. The van der Waals surface area contributed by atoms with Crippen molar-refractivity contribution in [3.8, 4) is 0 Å². The van der Waals surface area contributed by atoms with Crippen molar-refractivity contribution < 1.29 is 4.74 Å². The van der Waals surface area contributed by atoms with Gasteiger partial charge < -0.3 is 4.74 Å². The molecule has 0 N–H and O–H groups in total. The number of hydrogen-bond donors (Lipinski definition) is 0. The van der Waals surface area contributed by atoms with E-state index in [0.717, 1.165) is 36.2 Å². The van der Waals surface area contributed by atoms with E-state index in [-0.39, 0.29) is 0 Å². The van der Waals surface area contributed by atoms with Gasteiger partial charge in [-0.1, -0.05) is 0 Å². The average Bonchev–Trinajstić information content (AvgIpc) is 2.35. The standard InChI is InChI=1S/C10H14O/c1-5-3-9-8(1)10-6(4-11-9)2-7(5)10/h5-10H,1-4H2. The van der Waals surface area contributed by atoms with Crippen LogP contribution in [0.4, 0.5) is 0 Å². The molecule has 11 heavy (non-hydrogen) atoms. The van der Waals surface area contributed by atoms with Crippen molar-refractivity contribution in [2.24, 2.45) is 29.6 Å². The average molecular weight is 150 g/mol. The third-order valence-corrected chi connectivity index (χ3v) is 4.83. The Morgan fingerprint density at radius 3 is 2.73 bits per heavy atom. The second-order valence-electron chi connectivity index (χ2n) is 5.00. The normalized spacial score (nSPS) is 69.8. The minimum atomic E-state index is 0.706. The van der Waals surface area contributed by atoms with Crippen LogP contribution in [0.5, 0.6) is 0 Å². The summed E-state index contributed by atoms with van der Waals surface area (Å²) < 4.78 is 5.85. The Morgan fingerprint density at radius 1 is 0.909 bits per heavy atom. The summed E-state index contributed by atoms with van der Waals surface area (Å²) in [6.45, 7) is 1.11. The number of rotatable bonds is 0. The van der Waals surface area contributed by atoms with E-state index in [0.29, 0.717) is 6.10 Å². The summed E-state index contributed by atoms with van der Waals surface area (Å²) in [6.07, 6.45) is 5.16. The van der Waals surface area contributed by atoms with Gasteiger partial charge in [0.25, 0.3) is 0 Å². The van der Waals surface area contributed by atoms with Crippen molar-refractivity contribution in [2.75, 3.05) is 6.61 Å². The highest BCUT2D eigenvalue weighted by Gasteiger charge is 2.63. The summed E-state index contributed by atoms with van der Waals surface area (Å²) in [7, 11) is 0. The van der Waals surface area contributed by atoms with Crippen molar-refractivity contribution in [2.45, 2.75) is 25.4 Å². The molecule has 1 aliphatic heterocycles. The molecule has 6 unspecified atom stereocenters. The lowest BCUT2D eigenvalue weighted by Crippen LogP contribution is -2.52. The molecule has 0 aromatic rings. The molecule has 4 aliphatic rings. The molecule has 1 heteroatoms. The Hall–Kier alpha value is -0.0400. The molecule has 2 bridgehead atoms. The van der Waals surface area contributed by atoms with Crippen LogP contribution in [0.3, 0.4) is 0 Å². The van der Waals surface area contributed by atoms with Gasteiger partial charge >= 0.3 is 0 Å². The fourth-order valence-electron chi connectivity index (χ4n) is 4.43. The van der Waals surface area contributed by atoms with E-state index < -0.39 is 0 Å². The van der Waals surface area contributed by atoms with Gasteiger partial charge in [0, 0.05) is 0 Å². The Bertz CT molecular complexity index is 207. The van der Waals surface area contributed by atoms with Crippen LogP contribution < -0.4 is 0 Å². The fourth-order valence-corrected chi connectivity index (χ4v) is 4.43. The van der Waals surface area contributed by atoms with E-state index in [1.807, 2.05) is 0 Å². The summed E-state index contributed by atoms with van der Waals surface area (Å²) in [5.41, 5.74) is 0. The molecular weight excluding hydrogens is 136 g/mol. The largest absolute Gasteiger partial charge is 0.378 e. The van der Waals surface area contributed by atoms with Gasteiger partial charge in [-0.25, -0.2) is 0 Å². The number of hydrogen-bond acceptors (Lipinski definition) is 1. The van der Waals surface area contributed by atoms with Gasteiger partial charge in [-0.2, -0.15) is 0 Å². The molecule has 1 saturated heterocycles. The molecule has 3 aliphatic carbocycles. The van der Waals surface area contributed by atoms with Crippen LogP contribution in [0, 0.1) is 29.6 Å². The minimum absolute atomic E-state index is 0.706. The molecule has 0 spiro atoms. The van der Waals surface area contributed by atoms with E-state index in [4.69, 9.17) is 4.74 Å². The molecule has 4 rings (SSSR count). The summed E-state index contributed by atoms with van der Waals surface area (Å²) >= 11 is 0. The summed E-state index contributed by atoms with van der Waals surface area (Å²) in [5.74, 6) is 5.38. The maximum atomic E-state index is 5.85. The van der Waals surface area contributed by atoms with E-state index in [1.165, 1.54) is 19.3 Å². The van der Waals surface area contributed by atoms with Crippen molar-refractivity contribution in [3.63, 3.8) is 0 Å². The number of fused-ring (bicyclic) bond motifs is 2. The number of ether oxygens (including phenoxy) is 1. The highest BCUT2D eigenvalue weighted by atomic mass is 16.5. The highest BCUT2D eigenvalue weighted by Crippen LogP contribution is 2.66. The molecule has 0 radical (unpaired) electrons. The maximum absolute atomic E-state index is 5.85. The van der Waals surface area contributed by atoms with E-state index >= 15 is 0 Å². The van der Waals surface area contributed by atoms with Gasteiger partial charge in [0.1, 0.15) is 0 Å². The monoisotopic (exact) mass is 150 g/mol. The molecule has 0 amide bonds. The van der Waals surface area contributed by atoms with Crippen LogP contribution >= 0.6 is 0 Å². The van der Waals surface area contributed by atoms with Crippen LogP contribution in [0.25, 0.3) is 0 Å². The van der Waals surface area contributed by atoms with Gasteiger partial charge in [-0.15, -0.1) is 0 Å². The Kier molecular flexibility index (Phi) is 0.769. The third-order valence-electron chi connectivity index (χ3n) is 4.83. The quantitative estimate of drug-likeness (QED) is 0.510. The lowest BCUT2D eigenvalue weighted by Gasteiger charge is -2.53. The third kappa shape index (κ3) is 0.462. The molecule has 60 valence electrons. The van der Waals surface area contributed by atoms with Crippen molar-refractivity contribution in [1.82, 2.24) is 0 Å². The van der Waals surface area contributed by atoms with Gasteiger partial charge in [0.15, 0.2) is 0 Å². The SMILES string of the molecule is C1OC2CC3CC2C2C1CC32. The van der Waals surface area contributed by atoms with E-state index in [1.54, 1.807) is 0 Å². The Balaban J connectivity index is 1.82. The molecule has 4 fully saturated rings. The first-order valence-electron chi connectivity index (χ1n) is 5.05. The van der Waals surface area contributed by atoms with Crippen LogP contribution in [0.2, 0.25) is 0 Å². The second kappa shape index (κ2) is 1.52. The zero-order valence-electron chi connectivity index (χ0n) is 6.70. The zero-order chi connectivity index (χ0) is 7.00. The first-order valence-corrected chi connectivity index (χ1v) is 5.05. The molecule has 1 nitrogen and oxygen atoms in total. The summed E-state index contributed by atoms with van der Waals surface area (Å²) in [5, 5.41) is 0. The summed E-state index contributed by atoms with van der Waals surface area (Å²) in [4.78, 5) is 0. The predicted molar refractivity (Wildman–Crippen MR) is 41.0 cm³/mol. The molecule has 0 aromatic carbocycles. The fraction of sp³-hybridized carbons (Fsp3) is 1.00. The van der Waals surface area contributed by atoms with Crippen LogP contribution in [-0.2, 0) is 4.74 Å². The predicted octanol–water partition coefficient (Wildman–Crippen LogP) is 1.68. The molecular formula is C10H14O. The van der Waals surface area contributed by atoms with E-state index in [2.05, 4.69) is 0 Å². The topological polar surface area (TPSA) is 9.23 Å². The first-order chi connectivity index (χ1) is 5.43. The molecule has 6 atom stereocenters. The lowest BCUT2D eigenvalue weighted by atomic mass is 9.57. The van der Waals surface area contributed by atoms with Crippen LogP contribution in [0.15, 0.2) is 0 Å². The van der Waals surface area contributed by atoms with Gasteiger partial charge in [0.2, 0.25) is 0 Å². The van der Waals surface area contributed by atoms with Crippen LogP contribution in [-0.4, -0.2) is 12.7 Å². The smallest absolute Gasteiger partial charge is 0.0609 e. The van der Waals surface area contributed by atoms with Gasteiger partial charge in [-0.3, -0.25) is 0 Å². The van der Waals surface area contributed by atoms with Crippen LogP contribution in [0.1, 0.15) is 19.3 Å². The van der Waals surface area contributed by atoms with Gasteiger partial charge in [0.05, 0.1) is 12.7 Å². The Labute approximate surface area is 67.1 Å². The zero-order valence-corrected chi connectivity index (χ0v) is 6.70. The second-order valence-corrected chi connectivity index (χ2v) is 5.00. The Morgan fingerprint density at radius 2 is 1.82 bits per heavy atom. The molecule has 3 saturated carbocycles. The summed E-state index contributed by atoms with van der Waals surface area (Å²) in [6, 6.07) is 0. The van der Waals surface area contributed by atoms with Crippen molar-refractivity contribution in [1.29, 1.82) is 0 Å².